The third-order valence-electron chi connectivity index (χ3n) is 2.85. The van der Waals surface area contributed by atoms with Gasteiger partial charge in [-0.3, -0.25) is 5.10 Å². The first-order chi connectivity index (χ1) is 10.4. The van der Waals surface area contributed by atoms with E-state index in [9.17, 15) is 13.2 Å². The van der Waals surface area contributed by atoms with E-state index < -0.39 is 18.1 Å². The van der Waals surface area contributed by atoms with Crippen molar-refractivity contribution in [1.29, 1.82) is 0 Å². The van der Waals surface area contributed by atoms with Crippen molar-refractivity contribution in [1.82, 2.24) is 10.2 Å². The highest BCUT2D eigenvalue weighted by Gasteiger charge is 2.37. The van der Waals surface area contributed by atoms with E-state index in [1.54, 1.807) is 31.2 Å². The van der Waals surface area contributed by atoms with Crippen LogP contribution in [-0.4, -0.2) is 22.6 Å². The maximum Gasteiger partial charge on any atom is 0.435 e. The lowest BCUT2D eigenvalue weighted by atomic mass is 10.2. The molecular formula is C14H15F3N4O. The standard InChI is InChI=1S/C14H15F3N4O/c1-2-22-13(9-6-4-3-5-7-9)20-12(18)10-8-19-21-11(10)14(15,16)17/h3-8,13H,2H2,1H3,(H2,18,20)(H,19,21). The molecule has 1 heterocycles. The van der Waals surface area contributed by atoms with Gasteiger partial charge in [0.1, 0.15) is 5.84 Å². The summed E-state index contributed by atoms with van der Waals surface area (Å²) in [5.74, 6) is -0.289. The molecule has 5 nitrogen and oxygen atoms in total. The van der Waals surface area contributed by atoms with Crippen LogP contribution in [-0.2, 0) is 10.9 Å². The molecule has 0 amide bonds. The number of alkyl halides is 3. The molecule has 3 N–H and O–H groups in total. The molecule has 0 aliphatic rings. The molecule has 2 rings (SSSR count). The second kappa shape index (κ2) is 6.61. The number of benzene rings is 1. The van der Waals surface area contributed by atoms with Crippen molar-refractivity contribution in [2.75, 3.05) is 6.61 Å². The predicted octanol–water partition coefficient (Wildman–Crippen LogP) is 2.87. The highest BCUT2D eigenvalue weighted by atomic mass is 19.4. The number of amidine groups is 1. The van der Waals surface area contributed by atoms with Crippen LogP contribution in [0.25, 0.3) is 0 Å². The largest absolute Gasteiger partial charge is 0.435 e. The Morgan fingerprint density at radius 2 is 2.05 bits per heavy atom. The predicted molar refractivity (Wildman–Crippen MR) is 75.1 cm³/mol. The molecular weight excluding hydrogens is 297 g/mol. The van der Waals surface area contributed by atoms with Gasteiger partial charge in [-0.15, -0.1) is 0 Å². The highest BCUT2D eigenvalue weighted by Crippen LogP contribution is 2.30. The van der Waals surface area contributed by atoms with Crippen LogP contribution < -0.4 is 5.73 Å². The van der Waals surface area contributed by atoms with Crippen molar-refractivity contribution in [3.8, 4) is 0 Å². The van der Waals surface area contributed by atoms with Crippen LogP contribution in [0.4, 0.5) is 13.2 Å². The number of halogens is 3. The van der Waals surface area contributed by atoms with Gasteiger partial charge in [0, 0.05) is 18.4 Å². The molecule has 0 saturated heterocycles. The number of hydrogen-bond donors (Lipinski definition) is 2. The molecule has 0 saturated carbocycles. The van der Waals surface area contributed by atoms with Gasteiger partial charge >= 0.3 is 6.18 Å². The molecule has 1 aromatic heterocycles. The SMILES string of the molecule is CCOC(N=C(N)c1c[nH]nc1C(F)(F)F)c1ccccc1. The van der Waals surface area contributed by atoms with E-state index in [1.807, 2.05) is 6.07 Å². The van der Waals surface area contributed by atoms with Crippen LogP contribution in [0.2, 0.25) is 0 Å². The first-order valence-electron chi connectivity index (χ1n) is 6.54. The maximum absolute atomic E-state index is 12.8. The van der Waals surface area contributed by atoms with Crippen LogP contribution in [0.3, 0.4) is 0 Å². The number of hydrogen-bond acceptors (Lipinski definition) is 3. The van der Waals surface area contributed by atoms with Crippen molar-refractivity contribution in [3.05, 3.63) is 53.3 Å². The van der Waals surface area contributed by atoms with Crippen LogP contribution >= 0.6 is 0 Å². The molecule has 0 aliphatic carbocycles. The summed E-state index contributed by atoms with van der Waals surface area (Å²) in [4.78, 5) is 4.07. The number of aromatic amines is 1. The average molecular weight is 312 g/mol. The van der Waals surface area contributed by atoms with Crippen LogP contribution in [0, 0.1) is 0 Å². The summed E-state index contributed by atoms with van der Waals surface area (Å²) in [6.07, 6.45) is -4.32. The smallest absolute Gasteiger partial charge is 0.383 e. The molecule has 0 radical (unpaired) electrons. The fourth-order valence-electron chi connectivity index (χ4n) is 1.88. The summed E-state index contributed by atoms with van der Waals surface area (Å²) in [6, 6.07) is 8.91. The average Bonchev–Trinajstić information content (AvgIpc) is 2.97. The molecule has 0 spiro atoms. The van der Waals surface area contributed by atoms with E-state index in [0.29, 0.717) is 12.2 Å². The van der Waals surface area contributed by atoms with Gasteiger partial charge in [0.05, 0.1) is 5.56 Å². The quantitative estimate of drug-likeness (QED) is 0.658. The van der Waals surface area contributed by atoms with Gasteiger partial charge in [-0.05, 0) is 6.92 Å². The number of nitrogens with zero attached hydrogens (tertiary/aromatic N) is 2. The zero-order valence-electron chi connectivity index (χ0n) is 11.8. The number of H-pyrrole nitrogens is 1. The summed E-state index contributed by atoms with van der Waals surface area (Å²) in [5.41, 5.74) is 5.02. The van der Waals surface area contributed by atoms with Crippen molar-refractivity contribution in [2.45, 2.75) is 19.3 Å². The zero-order chi connectivity index (χ0) is 16.2. The third kappa shape index (κ3) is 3.64. The summed E-state index contributed by atoms with van der Waals surface area (Å²) >= 11 is 0. The van der Waals surface area contributed by atoms with E-state index in [0.717, 1.165) is 6.20 Å². The zero-order valence-corrected chi connectivity index (χ0v) is 11.8. The molecule has 0 bridgehead atoms. The van der Waals surface area contributed by atoms with E-state index in [1.165, 1.54) is 0 Å². The number of aliphatic imine (C=N–C) groups is 1. The second-order valence-corrected chi connectivity index (χ2v) is 4.38. The number of aromatic nitrogens is 2. The minimum atomic E-state index is -4.61. The van der Waals surface area contributed by atoms with Crippen LogP contribution in [0.1, 0.15) is 30.0 Å². The lowest BCUT2D eigenvalue weighted by Gasteiger charge is -2.14. The highest BCUT2D eigenvalue weighted by molar-refractivity contribution is 5.98. The van der Waals surface area contributed by atoms with E-state index in [2.05, 4.69) is 15.2 Å². The lowest BCUT2D eigenvalue weighted by Crippen LogP contribution is -2.20. The van der Waals surface area contributed by atoms with Gasteiger partial charge < -0.3 is 10.5 Å². The molecule has 2 aromatic rings. The van der Waals surface area contributed by atoms with Crippen molar-refractivity contribution in [2.24, 2.45) is 10.7 Å². The molecule has 0 aliphatic heterocycles. The summed E-state index contributed by atoms with van der Waals surface area (Å²) in [7, 11) is 0. The maximum atomic E-state index is 12.8. The van der Waals surface area contributed by atoms with Gasteiger partial charge in [-0.1, -0.05) is 30.3 Å². The molecule has 22 heavy (non-hydrogen) atoms. The molecule has 1 aromatic carbocycles. The first kappa shape index (κ1) is 16.0. The van der Waals surface area contributed by atoms with Gasteiger partial charge in [0.25, 0.3) is 0 Å². The van der Waals surface area contributed by atoms with Crippen LogP contribution in [0.5, 0.6) is 0 Å². The minimum absolute atomic E-state index is 0.289. The Morgan fingerprint density at radius 3 is 2.64 bits per heavy atom. The number of rotatable bonds is 5. The van der Waals surface area contributed by atoms with Gasteiger partial charge in [-0.2, -0.15) is 18.3 Å². The van der Waals surface area contributed by atoms with E-state index in [4.69, 9.17) is 10.5 Å². The Bertz CT molecular complexity index is 637. The van der Waals surface area contributed by atoms with Gasteiger partial charge in [0.15, 0.2) is 11.9 Å². The van der Waals surface area contributed by atoms with Crippen molar-refractivity contribution >= 4 is 5.84 Å². The topological polar surface area (TPSA) is 76.3 Å². The summed E-state index contributed by atoms with van der Waals surface area (Å²) in [6.45, 7) is 2.11. The number of nitrogens with one attached hydrogen (secondary N) is 1. The van der Waals surface area contributed by atoms with Crippen molar-refractivity contribution in [3.63, 3.8) is 0 Å². The van der Waals surface area contributed by atoms with Gasteiger partial charge in [-0.25, -0.2) is 4.99 Å². The molecule has 118 valence electrons. The fraction of sp³-hybridized carbons (Fsp3) is 0.286. The Hall–Kier alpha value is -2.35. The normalized spacial score (nSPS) is 14.1. The second-order valence-electron chi connectivity index (χ2n) is 4.38. The number of nitrogens with two attached hydrogens (primary N) is 1. The Kier molecular flexibility index (Phi) is 4.81. The Morgan fingerprint density at radius 1 is 1.36 bits per heavy atom. The Labute approximate surface area is 125 Å². The van der Waals surface area contributed by atoms with Crippen molar-refractivity contribution < 1.29 is 17.9 Å². The van der Waals surface area contributed by atoms with E-state index >= 15 is 0 Å². The summed E-state index contributed by atoms with van der Waals surface area (Å²) < 4.78 is 43.9. The van der Waals surface area contributed by atoms with E-state index in [-0.39, 0.29) is 11.4 Å². The molecule has 8 heteroatoms. The van der Waals surface area contributed by atoms with Crippen LogP contribution in [0.15, 0.2) is 41.5 Å². The monoisotopic (exact) mass is 312 g/mol. The Balaban J connectivity index is 2.35. The minimum Gasteiger partial charge on any atom is -0.383 e. The number of ether oxygens (including phenoxy) is 1. The van der Waals surface area contributed by atoms with Gasteiger partial charge in [0.2, 0.25) is 0 Å². The molecule has 1 unspecified atom stereocenters. The molecule has 0 fully saturated rings. The summed E-state index contributed by atoms with van der Waals surface area (Å²) in [5, 5.41) is 5.34. The lowest BCUT2D eigenvalue weighted by molar-refractivity contribution is -0.141. The molecule has 1 atom stereocenters. The third-order valence-corrected chi connectivity index (χ3v) is 2.85. The first-order valence-corrected chi connectivity index (χ1v) is 6.54. The fourth-order valence-corrected chi connectivity index (χ4v) is 1.88.